The zero-order valence-corrected chi connectivity index (χ0v) is 12.7. The van der Waals surface area contributed by atoms with Crippen molar-refractivity contribution in [2.45, 2.75) is 6.54 Å². The molecule has 0 aliphatic carbocycles. The number of rotatable bonds is 4. The third-order valence-corrected chi connectivity index (χ3v) is 3.90. The Morgan fingerprint density at radius 1 is 1.08 bits per heavy atom. The molecule has 0 saturated heterocycles. The molecule has 0 atom stereocenters. The van der Waals surface area contributed by atoms with Crippen molar-refractivity contribution in [1.29, 1.82) is 0 Å². The van der Waals surface area contributed by atoms with E-state index in [-0.39, 0.29) is 5.56 Å². The van der Waals surface area contributed by atoms with Crippen LogP contribution in [0.4, 0.5) is 0 Å². The number of para-hydroxylation sites is 3. The van der Waals surface area contributed by atoms with Crippen molar-refractivity contribution in [1.82, 2.24) is 19.3 Å². The normalized spacial score (nSPS) is 11.0. The first-order valence-electron chi connectivity index (χ1n) is 7.48. The molecule has 118 valence electrons. The largest absolute Gasteiger partial charge is 0.478 e. The maximum absolute atomic E-state index is 11.4. The summed E-state index contributed by atoms with van der Waals surface area (Å²) >= 11 is 0. The van der Waals surface area contributed by atoms with Crippen LogP contribution in [0, 0.1) is 0 Å². The second-order valence-corrected chi connectivity index (χ2v) is 5.48. The summed E-state index contributed by atoms with van der Waals surface area (Å²) in [5.41, 5.74) is 3.74. The smallest absolute Gasteiger partial charge is 0.337 e. The van der Waals surface area contributed by atoms with Crippen LogP contribution in [0.1, 0.15) is 15.9 Å². The molecular weight excluding hydrogens is 304 g/mol. The van der Waals surface area contributed by atoms with Gasteiger partial charge in [-0.15, -0.1) is 0 Å². The first-order chi connectivity index (χ1) is 11.7. The van der Waals surface area contributed by atoms with Gasteiger partial charge in [0.25, 0.3) is 0 Å². The lowest BCUT2D eigenvalue weighted by Gasteiger charge is -2.05. The lowest BCUT2D eigenvalue weighted by molar-refractivity contribution is 0.0696. The predicted octanol–water partition coefficient (Wildman–Crippen LogP) is 2.97. The van der Waals surface area contributed by atoms with Crippen molar-refractivity contribution in [3.63, 3.8) is 0 Å². The van der Waals surface area contributed by atoms with E-state index >= 15 is 0 Å². The molecule has 0 saturated carbocycles. The van der Waals surface area contributed by atoms with Gasteiger partial charge in [0.15, 0.2) is 0 Å². The van der Waals surface area contributed by atoms with Gasteiger partial charge < -0.3 is 9.67 Å². The first kappa shape index (κ1) is 14.2. The van der Waals surface area contributed by atoms with Gasteiger partial charge in [0.1, 0.15) is 0 Å². The van der Waals surface area contributed by atoms with Crippen LogP contribution in [0.2, 0.25) is 0 Å². The van der Waals surface area contributed by atoms with Gasteiger partial charge in [0, 0.05) is 11.8 Å². The summed E-state index contributed by atoms with van der Waals surface area (Å²) in [5, 5.41) is 13.6. The van der Waals surface area contributed by atoms with Crippen LogP contribution in [-0.4, -0.2) is 30.4 Å². The Kier molecular flexibility index (Phi) is 3.35. The van der Waals surface area contributed by atoms with E-state index < -0.39 is 5.97 Å². The first-order valence-corrected chi connectivity index (χ1v) is 7.48. The fourth-order valence-corrected chi connectivity index (χ4v) is 2.76. The third kappa shape index (κ3) is 2.44. The minimum absolute atomic E-state index is 0.222. The van der Waals surface area contributed by atoms with Crippen LogP contribution in [0.3, 0.4) is 0 Å². The number of hydrogen-bond donors (Lipinski definition) is 1. The summed E-state index contributed by atoms with van der Waals surface area (Å²) in [7, 11) is 0. The number of aromatic nitrogens is 4. The molecule has 24 heavy (non-hydrogen) atoms. The Labute approximate surface area is 137 Å². The number of imidazole rings is 1. The maximum atomic E-state index is 11.4. The fraction of sp³-hybridized carbons (Fsp3) is 0.0556. The number of fused-ring (bicyclic) bond motifs is 1. The second kappa shape index (κ2) is 5.66. The predicted molar refractivity (Wildman–Crippen MR) is 89.4 cm³/mol. The molecule has 2 aromatic carbocycles. The average Bonchev–Trinajstić information content (AvgIpc) is 3.23. The number of nitrogens with zero attached hydrogens (tertiary/aromatic N) is 4. The van der Waals surface area contributed by atoms with Gasteiger partial charge in [-0.3, -0.25) is 0 Å². The number of aromatic carboxylic acids is 1. The Balaban J connectivity index is 1.67. The van der Waals surface area contributed by atoms with Crippen LogP contribution in [0.5, 0.6) is 0 Å². The molecule has 0 fully saturated rings. The molecule has 2 heterocycles. The van der Waals surface area contributed by atoms with Gasteiger partial charge in [-0.25, -0.2) is 14.5 Å². The number of carbonyl (C=O) groups is 1. The van der Waals surface area contributed by atoms with Gasteiger partial charge in [-0.05, 0) is 24.3 Å². The topological polar surface area (TPSA) is 72.9 Å². The standard InChI is InChI=1S/C18H14N4O2/c23-18(24)14-5-1-3-7-16(14)22-11-13(9-20-22)10-21-12-19-15-6-2-4-8-17(15)21/h1-9,11-12H,10H2,(H,23,24). The van der Waals surface area contributed by atoms with Crippen molar-refractivity contribution in [2.75, 3.05) is 0 Å². The summed E-state index contributed by atoms with van der Waals surface area (Å²) in [5.74, 6) is -0.969. The zero-order valence-electron chi connectivity index (χ0n) is 12.7. The zero-order chi connectivity index (χ0) is 16.5. The van der Waals surface area contributed by atoms with Crippen molar-refractivity contribution in [3.8, 4) is 5.69 Å². The van der Waals surface area contributed by atoms with Gasteiger partial charge in [-0.1, -0.05) is 24.3 Å². The van der Waals surface area contributed by atoms with Crippen molar-refractivity contribution in [3.05, 3.63) is 78.4 Å². The highest BCUT2D eigenvalue weighted by molar-refractivity contribution is 5.91. The molecule has 0 aliphatic heterocycles. The molecule has 6 nitrogen and oxygen atoms in total. The number of hydrogen-bond acceptors (Lipinski definition) is 3. The molecule has 1 N–H and O–H groups in total. The van der Waals surface area contributed by atoms with E-state index in [9.17, 15) is 9.90 Å². The maximum Gasteiger partial charge on any atom is 0.337 e. The highest BCUT2D eigenvalue weighted by atomic mass is 16.4. The molecule has 6 heteroatoms. The van der Waals surface area contributed by atoms with Crippen molar-refractivity contribution < 1.29 is 9.90 Å². The SMILES string of the molecule is O=C(O)c1ccccc1-n1cc(Cn2cnc3ccccc32)cn1. The van der Waals surface area contributed by atoms with Crippen LogP contribution >= 0.6 is 0 Å². The molecule has 2 aromatic heterocycles. The second-order valence-electron chi connectivity index (χ2n) is 5.48. The Morgan fingerprint density at radius 2 is 1.88 bits per heavy atom. The van der Waals surface area contributed by atoms with Gasteiger partial charge in [0.2, 0.25) is 0 Å². The van der Waals surface area contributed by atoms with Crippen molar-refractivity contribution in [2.24, 2.45) is 0 Å². The molecular formula is C18H14N4O2. The molecule has 4 rings (SSSR count). The van der Waals surface area contributed by atoms with E-state index in [1.165, 1.54) is 0 Å². The average molecular weight is 318 g/mol. The summed E-state index contributed by atoms with van der Waals surface area (Å²) < 4.78 is 3.64. The van der Waals surface area contributed by atoms with Crippen LogP contribution < -0.4 is 0 Å². The van der Waals surface area contributed by atoms with Crippen LogP contribution in [0.15, 0.2) is 67.3 Å². The summed E-state index contributed by atoms with van der Waals surface area (Å²) in [6.45, 7) is 0.621. The van der Waals surface area contributed by atoms with E-state index in [0.717, 1.165) is 16.6 Å². The van der Waals surface area contributed by atoms with Crippen LogP contribution in [0.25, 0.3) is 16.7 Å². The summed E-state index contributed by atoms with van der Waals surface area (Å²) in [4.78, 5) is 15.7. The van der Waals surface area contributed by atoms with E-state index in [1.807, 2.05) is 35.0 Å². The Hall–Kier alpha value is -3.41. The molecule has 0 unspecified atom stereocenters. The molecule has 0 spiro atoms. The van der Waals surface area contributed by atoms with Gasteiger partial charge >= 0.3 is 5.97 Å². The summed E-state index contributed by atoms with van der Waals surface area (Å²) in [6.07, 6.45) is 5.39. The minimum Gasteiger partial charge on any atom is -0.478 e. The lowest BCUT2D eigenvalue weighted by Crippen LogP contribution is -2.05. The molecule has 0 amide bonds. The van der Waals surface area contributed by atoms with E-state index in [2.05, 4.69) is 10.1 Å². The Morgan fingerprint density at radius 3 is 2.75 bits per heavy atom. The monoisotopic (exact) mass is 318 g/mol. The highest BCUT2D eigenvalue weighted by Gasteiger charge is 2.12. The fourth-order valence-electron chi connectivity index (χ4n) is 2.76. The van der Waals surface area contributed by atoms with Gasteiger partial charge in [-0.2, -0.15) is 5.10 Å². The lowest BCUT2D eigenvalue weighted by atomic mass is 10.2. The molecule has 0 radical (unpaired) electrons. The van der Waals surface area contributed by atoms with Crippen molar-refractivity contribution >= 4 is 17.0 Å². The third-order valence-electron chi connectivity index (χ3n) is 3.90. The molecule has 0 bridgehead atoms. The van der Waals surface area contributed by atoms with E-state index in [4.69, 9.17) is 0 Å². The Bertz CT molecular complexity index is 1030. The number of carboxylic acid groups (broad SMARTS) is 1. The molecule has 4 aromatic rings. The number of benzene rings is 2. The van der Waals surface area contributed by atoms with Crippen LogP contribution in [-0.2, 0) is 6.54 Å². The molecule has 0 aliphatic rings. The van der Waals surface area contributed by atoms with E-state index in [0.29, 0.717) is 12.2 Å². The summed E-state index contributed by atoms with van der Waals surface area (Å²) in [6, 6.07) is 14.7. The minimum atomic E-state index is -0.969. The quantitative estimate of drug-likeness (QED) is 0.628. The number of carboxylic acids is 1. The highest BCUT2D eigenvalue weighted by Crippen LogP contribution is 2.17. The van der Waals surface area contributed by atoms with E-state index in [1.54, 1.807) is 41.5 Å². The van der Waals surface area contributed by atoms with Gasteiger partial charge in [0.05, 0.1) is 41.4 Å².